The molecule has 2 rings (SSSR count). The van der Waals surface area contributed by atoms with Crippen LogP contribution in [0.3, 0.4) is 0 Å². The predicted octanol–water partition coefficient (Wildman–Crippen LogP) is 4.29. The van der Waals surface area contributed by atoms with Gasteiger partial charge >= 0.3 is 5.97 Å². The summed E-state index contributed by atoms with van der Waals surface area (Å²) in [5, 5.41) is 0.532. The first-order valence-corrected chi connectivity index (χ1v) is 7.51. The molecule has 1 aromatic carbocycles. The highest BCUT2D eigenvalue weighted by molar-refractivity contribution is 6.30. The van der Waals surface area contributed by atoms with Gasteiger partial charge in [-0.15, -0.1) is 0 Å². The van der Waals surface area contributed by atoms with E-state index in [4.69, 9.17) is 16.3 Å². The molecule has 0 radical (unpaired) electrons. The van der Waals surface area contributed by atoms with Crippen LogP contribution in [0.15, 0.2) is 48.2 Å². The lowest BCUT2D eigenvalue weighted by molar-refractivity contribution is -0.138. The third-order valence-corrected chi connectivity index (χ3v) is 3.53. The maximum atomic E-state index is 11.6. The molecular weight excluding hydrogens is 298 g/mol. The standard InChI is InChI=1S/C18H18ClNO2/c1-3-22-18(21)13(2)11-14-6-8-15(9-7-14)12-16-5-4-10-20-17(16)19/h4-11H,3,12H2,1-2H3/b13-11+. The molecule has 0 N–H and O–H groups in total. The van der Waals surface area contributed by atoms with Gasteiger partial charge in [-0.25, -0.2) is 9.78 Å². The number of aromatic nitrogens is 1. The van der Waals surface area contributed by atoms with Crippen molar-refractivity contribution in [2.24, 2.45) is 0 Å². The van der Waals surface area contributed by atoms with Crippen LogP contribution >= 0.6 is 11.6 Å². The molecule has 0 saturated carbocycles. The Balaban J connectivity index is 2.09. The van der Waals surface area contributed by atoms with Crippen molar-refractivity contribution in [3.05, 3.63) is 70.0 Å². The van der Waals surface area contributed by atoms with E-state index in [0.29, 0.717) is 17.3 Å². The minimum Gasteiger partial charge on any atom is -0.463 e. The second-order valence-corrected chi connectivity index (χ2v) is 5.28. The van der Waals surface area contributed by atoms with Crippen molar-refractivity contribution < 1.29 is 9.53 Å². The molecular formula is C18H18ClNO2. The van der Waals surface area contributed by atoms with Crippen LogP contribution < -0.4 is 0 Å². The van der Waals surface area contributed by atoms with Crippen LogP contribution in [0.25, 0.3) is 6.08 Å². The van der Waals surface area contributed by atoms with Crippen molar-refractivity contribution in [2.45, 2.75) is 20.3 Å². The third kappa shape index (κ3) is 4.43. The van der Waals surface area contributed by atoms with Gasteiger partial charge < -0.3 is 4.74 Å². The van der Waals surface area contributed by atoms with Crippen molar-refractivity contribution in [2.75, 3.05) is 6.61 Å². The summed E-state index contributed by atoms with van der Waals surface area (Å²) in [6.07, 6.45) is 4.23. The van der Waals surface area contributed by atoms with E-state index in [1.165, 1.54) is 0 Å². The Morgan fingerprint density at radius 1 is 1.27 bits per heavy atom. The first-order valence-electron chi connectivity index (χ1n) is 7.14. The van der Waals surface area contributed by atoms with E-state index in [1.807, 2.05) is 42.5 Å². The lowest BCUT2D eigenvalue weighted by Gasteiger charge is -2.05. The number of hydrogen-bond donors (Lipinski definition) is 0. The highest BCUT2D eigenvalue weighted by atomic mass is 35.5. The first kappa shape index (κ1) is 16.2. The number of carbonyl (C=O) groups is 1. The summed E-state index contributed by atoms with van der Waals surface area (Å²) in [5.41, 5.74) is 3.69. The molecule has 0 unspecified atom stereocenters. The van der Waals surface area contributed by atoms with Gasteiger partial charge in [-0.2, -0.15) is 0 Å². The van der Waals surface area contributed by atoms with Gasteiger partial charge in [0.1, 0.15) is 5.15 Å². The maximum absolute atomic E-state index is 11.6. The number of ether oxygens (including phenoxy) is 1. The predicted molar refractivity (Wildman–Crippen MR) is 88.8 cm³/mol. The van der Waals surface area contributed by atoms with Gasteiger partial charge in [0, 0.05) is 18.2 Å². The molecule has 2 aromatic rings. The zero-order chi connectivity index (χ0) is 15.9. The molecule has 0 atom stereocenters. The summed E-state index contributed by atoms with van der Waals surface area (Å²) in [4.78, 5) is 15.7. The number of rotatable bonds is 5. The average Bonchev–Trinajstić information content (AvgIpc) is 2.51. The summed E-state index contributed by atoms with van der Waals surface area (Å²) in [5.74, 6) is -0.284. The number of benzene rings is 1. The van der Waals surface area contributed by atoms with Crippen molar-refractivity contribution in [3.63, 3.8) is 0 Å². The van der Waals surface area contributed by atoms with E-state index in [1.54, 1.807) is 20.0 Å². The van der Waals surface area contributed by atoms with E-state index in [0.717, 1.165) is 23.1 Å². The molecule has 114 valence electrons. The molecule has 0 bridgehead atoms. The van der Waals surface area contributed by atoms with Crippen LogP contribution in [0, 0.1) is 0 Å². The third-order valence-electron chi connectivity index (χ3n) is 3.19. The highest BCUT2D eigenvalue weighted by Crippen LogP contribution is 2.17. The molecule has 1 heterocycles. The van der Waals surface area contributed by atoms with Gasteiger partial charge in [-0.05, 0) is 42.7 Å². The molecule has 0 aliphatic carbocycles. The Morgan fingerprint density at radius 2 is 2.00 bits per heavy atom. The van der Waals surface area contributed by atoms with E-state index in [9.17, 15) is 4.79 Å². The topological polar surface area (TPSA) is 39.2 Å². The Morgan fingerprint density at radius 3 is 2.64 bits per heavy atom. The van der Waals surface area contributed by atoms with Gasteiger partial charge in [0.2, 0.25) is 0 Å². The first-order chi connectivity index (χ1) is 10.6. The van der Waals surface area contributed by atoms with Crippen molar-refractivity contribution >= 4 is 23.6 Å². The van der Waals surface area contributed by atoms with Gasteiger partial charge in [-0.1, -0.05) is 41.9 Å². The smallest absolute Gasteiger partial charge is 0.333 e. The number of carbonyl (C=O) groups excluding carboxylic acids is 1. The molecule has 0 aliphatic heterocycles. The Kier molecular flexibility index (Phi) is 5.73. The van der Waals surface area contributed by atoms with Gasteiger partial charge in [-0.3, -0.25) is 0 Å². The quantitative estimate of drug-likeness (QED) is 0.469. The molecule has 0 fully saturated rings. The van der Waals surface area contributed by atoms with Crippen LogP contribution in [0.2, 0.25) is 5.15 Å². The summed E-state index contributed by atoms with van der Waals surface area (Å²) in [6, 6.07) is 11.8. The monoisotopic (exact) mass is 315 g/mol. The van der Waals surface area contributed by atoms with Gasteiger partial charge in [0.05, 0.1) is 6.61 Å². The fourth-order valence-electron chi connectivity index (χ4n) is 2.06. The number of pyridine rings is 1. The zero-order valence-corrected chi connectivity index (χ0v) is 13.4. The fourth-order valence-corrected chi connectivity index (χ4v) is 2.24. The number of hydrogen-bond acceptors (Lipinski definition) is 3. The average molecular weight is 316 g/mol. The van der Waals surface area contributed by atoms with E-state index < -0.39 is 0 Å². The van der Waals surface area contributed by atoms with Crippen LogP contribution in [0.5, 0.6) is 0 Å². The lowest BCUT2D eigenvalue weighted by Crippen LogP contribution is -2.04. The van der Waals surface area contributed by atoms with Crippen molar-refractivity contribution in [1.29, 1.82) is 0 Å². The Labute approximate surface area is 135 Å². The Hall–Kier alpha value is -2.13. The molecule has 1 aromatic heterocycles. The number of nitrogens with zero attached hydrogens (tertiary/aromatic N) is 1. The largest absolute Gasteiger partial charge is 0.463 e. The molecule has 22 heavy (non-hydrogen) atoms. The molecule has 0 saturated heterocycles. The minimum absolute atomic E-state index is 0.284. The summed E-state index contributed by atoms with van der Waals surface area (Å²) in [7, 11) is 0. The zero-order valence-electron chi connectivity index (χ0n) is 12.7. The SMILES string of the molecule is CCOC(=O)/C(C)=C/c1ccc(Cc2cccnc2Cl)cc1. The van der Waals surface area contributed by atoms with Crippen LogP contribution in [-0.2, 0) is 16.0 Å². The van der Waals surface area contributed by atoms with Crippen LogP contribution in [0.1, 0.15) is 30.5 Å². The molecule has 0 aliphatic rings. The van der Waals surface area contributed by atoms with Crippen LogP contribution in [-0.4, -0.2) is 17.6 Å². The molecule has 0 spiro atoms. The maximum Gasteiger partial charge on any atom is 0.333 e. The second kappa shape index (κ2) is 7.76. The lowest BCUT2D eigenvalue weighted by atomic mass is 10.0. The fraction of sp³-hybridized carbons (Fsp3) is 0.222. The van der Waals surface area contributed by atoms with Crippen molar-refractivity contribution in [1.82, 2.24) is 4.98 Å². The van der Waals surface area contributed by atoms with E-state index >= 15 is 0 Å². The summed E-state index contributed by atoms with van der Waals surface area (Å²) < 4.78 is 4.96. The van der Waals surface area contributed by atoms with E-state index in [-0.39, 0.29) is 5.97 Å². The van der Waals surface area contributed by atoms with Crippen molar-refractivity contribution in [3.8, 4) is 0 Å². The molecule has 4 heteroatoms. The molecule has 0 amide bonds. The van der Waals surface area contributed by atoms with Crippen LogP contribution in [0.4, 0.5) is 0 Å². The number of halogens is 1. The van der Waals surface area contributed by atoms with E-state index in [2.05, 4.69) is 4.98 Å². The second-order valence-electron chi connectivity index (χ2n) is 4.92. The summed E-state index contributed by atoms with van der Waals surface area (Å²) >= 11 is 6.07. The normalized spacial score (nSPS) is 11.3. The summed E-state index contributed by atoms with van der Waals surface area (Å²) in [6.45, 7) is 3.93. The van der Waals surface area contributed by atoms with Gasteiger partial charge in [0.25, 0.3) is 0 Å². The molecule has 3 nitrogen and oxygen atoms in total. The minimum atomic E-state index is -0.284. The Bertz CT molecular complexity index is 678. The highest BCUT2D eigenvalue weighted by Gasteiger charge is 2.05. The van der Waals surface area contributed by atoms with Gasteiger partial charge in [0.15, 0.2) is 0 Å². The number of esters is 1.